The van der Waals surface area contributed by atoms with Crippen LogP contribution in [0.4, 0.5) is 4.39 Å². The fraction of sp³-hybridized carbons (Fsp3) is 0.400. The van der Waals surface area contributed by atoms with E-state index in [0.29, 0.717) is 21.3 Å². The maximum Gasteiger partial charge on any atom is 0.152 e. The van der Waals surface area contributed by atoms with Gasteiger partial charge in [-0.2, -0.15) is 0 Å². The number of aromatic nitrogens is 1. The zero-order valence-electron chi connectivity index (χ0n) is 10.5. The lowest BCUT2D eigenvalue weighted by atomic mass is 10.1. The summed E-state index contributed by atoms with van der Waals surface area (Å²) >= 11 is 3.22. The molecule has 2 aromatic rings. The predicted molar refractivity (Wildman–Crippen MR) is 76.9 cm³/mol. The average molecular weight is 324 g/mol. The summed E-state index contributed by atoms with van der Waals surface area (Å²) in [5.41, 5.74) is 1.50. The van der Waals surface area contributed by atoms with E-state index >= 15 is 0 Å². The van der Waals surface area contributed by atoms with E-state index in [2.05, 4.69) is 20.5 Å². The predicted octanol–water partition coefficient (Wildman–Crippen LogP) is 4.55. The minimum atomic E-state index is -0.325. The van der Waals surface area contributed by atoms with Crippen LogP contribution in [-0.2, 0) is 6.54 Å². The molecule has 1 aromatic heterocycles. The highest BCUT2D eigenvalue weighted by molar-refractivity contribution is 9.10. The van der Waals surface area contributed by atoms with Gasteiger partial charge < -0.3 is 4.57 Å². The first-order valence-electron chi connectivity index (χ1n) is 6.62. The van der Waals surface area contributed by atoms with Gasteiger partial charge in [-0.1, -0.05) is 12.8 Å². The highest BCUT2D eigenvalue weighted by Crippen LogP contribution is 2.31. The molecule has 0 radical (unpaired) electrons. The molecule has 1 aliphatic carbocycles. The van der Waals surface area contributed by atoms with Gasteiger partial charge in [0.2, 0.25) is 0 Å². The van der Waals surface area contributed by atoms with Gasteiger partial charge in [-0.3, -0.25) is 4.79 Å². The van der Waals surface area contributed by atoms with E-state index in [1.807, 2.05) is 6.20 Å². The monoisotopic (exact) mass is 323 g/mol. The highest BCUT2D eigenvalue weighted by Gasteiger charge is 2.18. The Labute approximate surface area is 119 Å². The Morgan fingerprint density at radius 3 is 2.79 bits per heavy atom. The lowest BCUT2D eigenvalue weighted by Gasteiger charge is -2.11. The summed E-state index contributed by atoms with van der Waals surface area (Å²) in [5.74, 6) is 0.355. The molecule has 0 atom stereocenters. The second-order valence-electron chi connectivity index (χ2n) is 5.29. The molecule has 3 rings (SSSR count). The van der Waals surface area contributed by atoms with Crippen molar-refractivity contribution < 1.29 is 9.18 Å². The van der Waals surface area contributed by atoms with Crippen LogP contribution in [0, 0.1) is 11.7 Å². The van der Waals surface area contributed by atoms with E-state index in [1.54, 1.807) is 6.07 Å². The molecule has 1 heterocycles. The Balaban J connectivity index is 2.07. The van der Waals surface area contributed by atoms with Crippen LogP contribution in [0.5, 0.6) is 0 Å². The van der Waals surface area contributed by atoms with Crippen molar-refractivity contribution in [3.63, 3.8) is 0 Å². The highest BCUT2D eigenvalue weighted by atomic mass is 79.9. The van der Waals surface area contributed by atoms with E-state index < -0.39 is 0 Å². The van der Waals surface area contributed by atoms with Crippen molar-refractivity contribution in [3.8, 4) is 0 Å². The molecule has 0 spiro atoms. The number of hydrogen-bond donors (Lipinski definition) is 0. The van der Waals surface area contributed by atoms with Crippen LogP contribution in [0.25, 0.3) is 10.9 Å². The molecule has 100 valence electrons. The van der Waals surface area contributed by atoms with Gasteiger partial charge in [0.1, 0.15) is 5.82 Å². The zero-order chi connectivity index (χ0) is 13.4. The topological polar surface area (TPSA) is 22.0 Å². The molecule has 0 aliphatic heterocycles. The Bertz CT molecular complexity index is 629. The zero-order valence-corrected chi connectivity index (χ0v) is 12.1. The lowest BCUT2D eigenvalue weighted by Crippen LogP contribution is -2.06. The molecule has 0 amide bonds. The van der Waals surface area contributed by atoms with E-state index in [0.717, 1.165) is 18.3 Å². The first-order valence-corrected chi connectivity index (χ1v) is 7.41. The first-order chi connectivity index (χ1) is 9.19. The molecule has 0 unspecified atom stereocenters. The molecule has 19 heavy (non-hydrogen) atoms. The molecule has 1 aromatic carbocycles. The third kappa shape index (κ3) is 2.34. The second kappa shape index (κ2) is 5.08. The third-order valence-corrected chi connectivity index (χ3v) is 4.62. The van der Waals surface area contributed by atoms with Gasteiger partial charge in [-0.25, -0.2) is 4.39 Å². The SMILES string of the molecule is O=Cc1cn(CC2CCCC2)c2cc(Br)c(F)cc12. The van der Waals surface area contributed by atoms with E-state index in [1.165, 1.54) is 31.7 Å². The molecule has 2 nitrogen and oxygen atoms in total. The Morgan fingerprint density at radius 1 is 1.37 bits per heavy atom. The van der Waals surface area contributed by atoms with Crippen molar-refractivity contribution in [3.05, 3.63) is 34.2 Å². The number of benzene rings is 1. The number of carbonyl (C=O) groups is 1. The molecular formula is C15H15BrFNO. The lowest BCUT2D eigenvalue weighted by molar-refractivity contribution is 0.112. The number of fused-ring (bicyclic) bond motifs is 1. The third-order valence-electron chi connectivity index (χ3n) is 4.01. The van der Waals surface area contributed by atoms with Crippen LogP contribution in [0.2, 0.25) is 0 Å². The van der Waals surface area contributed by atoms with Gasteiger partial charge in [0, 0.05) is 23.7 Å². The standard InChI is InChI=1S/C15H15BrFNO/c16-13-6-15-12(5-14(13)17)11(9-19)8-18(15)7-10-3-1-2-4-10/h5-6,8-10H,1-4,7H2. The molecule has 1 fully saturated rings. The minimum Gasteiger partial charge on any atom is -0.346 e. The molecule has 4 heteroatoms. The summed E-state index contributed by atoms with van der Waals surface area (Å²) in [6, 6.07) is 3.21. The fourth-order valence-electron chi connectivity index (χ4n) is 3.03. The van der Waals surface area contributed by atoms with Crippen LogP contribution >= 0.6 is 15.9 Å². The number of hydrogen-bond acceptors (Lipinski definition) is 1. The number of halogens is 2. The molecule has 1 aliphatic rings. The summed E-state index contributed by atoms with van der Waals surface area (Å²) < 4.78 is 16.2. The molecule has 0 saturated heterocycles. The van der Waals surface area contributed by atoms with Gasteiger partial charge in [0.05, 0.1) is 9.99 Å². The van der Waals surface area contributed by atoms with Gasteiger partial charge >= 0.3 is 0 Å². The van der Waals surface area contributed by atoms with Crippen LogP contribution in [-0.4, -0.2) is 10.9 Å². The summed E-state index contributed by atoms with van der Waals surface area (Å²) in [7, 11) is 0. The quantitative estimate of drug-likeness (QED) is 0.760. The van der Waals surface area contributed by atoms with E-state index in [9.17, 15) is 9.18 Å². The summed E-state index contributed by atoms with van der Waals surface area (Å²) in [6.07, 6.45) is 7.74. The van der Waals surface area contributed by atoms with Gasteiger partial charge in [0.25, 0.3) is 0 Å². The summed E-state index contributed by atoms with van der Waals surface area (Å²) in [6.45, 7) is 0.919. The van der Waals surface area contributed by atoms with Crippen molar-refractivity contribution in [2.75, 3.05) is 0 Å². The van der Waals surface area contributed by atoms with E-state index in [-0.39, 0.29) is 5.82 Å². The summed E-state index contributed by atoms with van der Waals surface area (Å²) in [4.78, 5) is 11.1. The minimum absolute atomic E-state index is 0.325. The van der Waals surface area contributed by atoms with Crippen molar-refractivity contribution in [1.29, 1.82) is 0 Å². The van der Waals surface area contributed by atoms with Crippen LogP contribution < -0.4 is 0 Å². The van der Waals surface area contributed by atoms with Gasteiger partial charge in [0.15, 0.2) is 6.29 Å². The largest absolute Gasteiger partial charge is 0.346 e. The van der Waals surface area contributed by atoms with Crippen molar-refractivity contribution >= 4 is 33.1 Å². The Morgan fingerprint density at radius 2 is 2.11 bits per heavy atom. The van der Waals surface area contributed by atoms with Gasteiger partial charge in [-0.15, -0.1) is 0 Å². The maximum absolute atomic E-state index is 13.6. The smallest absolute Gasteiger partial charge is 0.152 e. The summed E-state index contributed by atoms with van der Waals surface area (Å²) in [5, 5.41) is 0.702. The Hall–Kier alpha value is -1.16. The second-order valence-corrected chi connectivity index (χ2v) is 6.14. The van der Waals surface area contributed by atoms with Crippen molar-refractivity contribution in [1.82, 2.24) is 4.57 Å². The first kappa shape index (κ1) is 12.9. The number of aldehydes is 1. The molecule has 0 bridgehead atoms. The van der Waals surface area contributed by atoms with Crippen molar-refractivity contribution in [2.24, 2.45) is 5.92 Å². The van der Waals surface area contributed by atoms with Crippen LogP contribution in [0.3, 0.4) is 0 Å². The number of carbonyl (C=O) groups excluding carboxylic acids is 1. The molecule has 0 N–H and O–H groups in total. The maximum atomic E-state index is 13.6. The van der Waals surface area contributed by atoms with Crippen LogP contribution in [0.1, 0.15) is 36.0 Å². The van der Waals surface area contributed by atoms with Crippen molar-refractivity contribution in [2.45, 2.75) is 32.2 Å². The van der Waals surface area contributed by atoms with Crippen LogP contribution in [0.15, 0.2) is 22.8 Å². The Kier molecular flexibility index (Phi) is 3.44. The van der Waals surface area contributed by atoms with E-state index in [4.69, 9.17) is 0 Å². The number of nitrogens with zero attached hydrogens (tertiary/aromatic N) is 1. The van der Waals surface area contributed by atoms with Gasteiger partial charge in [-0.05, 0) is 46.8 Å². The number of rotatable bonds is 3. The normalized spacial score (nSPS) is 16.3. The fourth-order valence-corrected chi connectivity index (χ4v) is 3.36. The average Bonchev–Trinajstić information content (AvgIpc) is 3.00. The molecule has 1 saturated carbocycles. The molecular weight excluding hydrogens is 309 g/mol.